The Morgan fingerprint density at radius 2 is 2.10 bits per heavy atom. The lowest BCUT2D eigenvalue weighted by molar-refractivity contribution is -0.917. The molecule has 30 heavy (non-hydrogen) atoms. The Labute approximate surface area is 180 Å². The number of quaternary nitrogens is 1. The molecule has 0 spiro atoms. The maximum atomic E-state index is 13.1. The molecule has 1 aromatic heterocycles. The molecule has 156 valence electrons. The summed E-state index contributed by atoms with van der Waals surface area (Å²) in [7, 11) is 0. The van der Waals surface area contributed by atoms with Gasteiger partial charge >= 0.3 is 5.97 Å². The Bertz CT molecular complexity index is 1190. The highest BCUT2D eigenvalue weighted by molar-refractivity contribution is 9.10. The maximum Gasteiger partial charge on any atom is 0.362 e. The fourth-order valence-corrected chi connectivity index (χ4v) is 4.32. The number of aliphatic carboxylic acids is 1. The molecule has 1 fully saturated rings. The number of hydrogen-bond donors (Lipinski definition) is 2. The lowest BCUT2D eigenvalue weighted by Crippen LogP contribution is -3.13. The second kappa shape index (κ2) is 8.12. The highest BCUT2D eigenvalue weighted by Crippen LogP contribution is 2.32. The van der Waals surface area contributed by atoms with Crippen molar-refractivity contribution in [2.45, 2.75) is 32.4 Å². The molecule has 2 aromatic carbocycles. The number of halogens is 1. The van der Waals surface area contributed by atoms with Crippen molar-refractivity contribution in [1.82, 2.24) is 0 Å². The van der Waals surface area contributed by atoms with E-state index in [-0.39, 0.29) is 40.2 Å². The summed E-state index contributed by atoms with van der Waals surface area (Å²) < 4.78 is 12.4. The van der Waals surface area contributed by atoms with E-state index in [1.807, 2.05) is 6.07 Å². The lowest BCUT2D eigenvalue weighted by Gasteiger charge is -2.22. The van der Waals surface area contributed by atoms with Gasteiger partial charge in [0.05, 0.1) is 16.4 Å². The summed E-state index contributed by atoms with van der Waals surface area (Å²) in [6.45, 7) is 2.45. The first-order valence-electron chi connectivity index (χ1n) is 9.63. The molecule has 2 atom stereocenters. The SMILES string of the molecule is Cc1oc2c(C[NH+]3CCCC3C(=O)O)c([O-])ccc2c(=O)c1Oc1ccccc1Br. The molecule has 0 bridgehead atoms. The number of hydrogen-bond acceptors (Lipinski definition) is 5. The minimum absolute atomic E-state index is 0.0518. The van der Waals surface area contributed by atoms with E-state index in [1.54, 1.807) is 25.1 Å². The van der Waals surface area contributed by atoms with Crippen molar-refractivity contribution in [3.8, 4) is 17.2 Å². The van der Waals surface area contributed by atoms with Crippen LogP contribution in [-0.2, 0) is 11.3 Å². The molecule has 2 heterocycles. The van der Waals surface area contributed by atoms with Crippen molar-refractivity contribution >= 4 is 32.9 Å². The van der Waals surface area contributed by atoms with Gasteiger partial charge in [-0.2, -0.15) is 0 Å². The zero-order valence-electron chi connectivity index (χ0n) is 16.2. The fraction of sp³-hybridized carbons (Fsp3) is 0.273. The molecule has 0 aliphatic carbocycles. The Kier molecular flexibility index (Phi) is 5.53. The van der Waals surface area contributed by atoms with Crippen molar-refractivity contribution in [2.24, 2.45) is 0 Å². The van der Waals surface area contributed by atoms with Crippen LogP contribution in [0.1, 0.15) is 24.2 Å². The number of carbonyl (C=O) groups is 1. The monoisotopic (exact) mass is 473 g/mol. The first kappa shape index (κ1) is 20.4. The van der Waals surface area contributed by atoms with Crippen LogP contribution in [0.25, 0.3) is 11.0 Å². The third-order valence-electron chi connectivity index (χ3n) is 5.48. The summed E-state index contributed by atoms with van der Waals surface area (Å²) in [6, 6.07) is 9.35. The number of ether oxygens (including phenoxy) is 1. The molecule has 7 nitrogen and oxygen atoms in total. The van der Waals surface area contributed by atoms with Crippen LogP contribution in [0.15, 0.2) is 50.1 Å². The second-order valence-electron chi connectivity index (χ2n) is 7.39. The van der Waals surface area contributed by atoms with Crippen LogP contribution in [0.3, 0.4) is 0 Å². The predicted octanol–water partition coefficient (Wildman–Crippen LogP) is 2.36. The fourth-order valence-electron chi connectivity index (χ4n) is 3.96. The third kappa shape index (κ3) is 3.68. The quantitative estimate of drug-likeness (QED) is 0.589. The molecule has 2 unspecified atom stereocenters. The normalized spacial score (nSPS) is 18.6. The number of likely N-dealkylation sites (tertiary alicyclic amines) is 1. The van der Waals surface area contributed by atoms with E-state index in [2.05, 4.69) is 15.9 Å². The van der Waals surface area contributed by atoms with Crippen molar-refractivity contribution in [2.75, 3.05) is 6.54 Å². The van der Waals surface area contributed by atoms with Gasteiger partial charge in [-0.1, -0.05) is 23.9 Å². The van der Waals surface area contributed by atoms with Crippen LogP contribution in [0.4, 0.5) is 0 Å². The van der Waals surface area contributed by atoms with E-state index in [0.717, 1.165) is 11.3 Å². The van der Waals surface area contributed by atoms with Gasteiger partial charge in [0.2, 0.25) is 11.2 Å². The van der Waals surface area contributed by atoms with Gasteiger partial charge in [0.15, 0.2) is 6.04 Å². The highest BCUT2D eigenvalue weighted by Gasteiger charge is 2.35. The zero-order chi connectivity index (χ0) is 21.4. The van der Waals surface area contributed by atoms with Crippen molar-refractivity contribution < 1.29 is 29.1 Å². The van der Waals surface area contributed by atoms with Gasteiger partial charge in [0, 0.05) is 18.4 Å². The number of fused-ring (bicyclic) bond motifs is 1. The summed E-state index contributed by atoms with van der Waals surface area (Å²) >= 11 is 3.39. The summed E-state index contributed by atoms with van der Waals surface area (Å²) in [5.41, 5.74) is 0.147. The Balaban J connectivity index is 1.78. The number of carboxylic acids is 1. The van der Waals surface area contributed by atoms with Gasteiger partial charge in [-0.3, -0.25) is 4.79 Å². The van der Waals surface area contributed by atoms with Crippen LogP contribution in [0.5, 0.6) is 17.2 Å². The van der Waals surface area contributed by atoms with Crippen LogP contribution >= 0.6 is 15.9 Å². The van der Waals surface area contributed by atoms with Gasteiger partial charge in [-0.05, 0) is 41.1 Å². The minimum atomic E-state index is -0.878. The Morgan fingerprint density at radius 3 is 2.83 bits per heavy atom. The second-order valence-corrected chi connectivity index (χ2v) is 8.24. The summed E-state index contributed by atoms with van der Waals surface area (Å²) in [4.78, 5) is 25.4. The van der Waals surface area contributed by atoms with E-state index in [9.17, 15) is 19.8 Å². The van der Waals surface area contributed by atoms with E-state index in [1.165, 1.54) is 12.1 Å². The predicted molar refractivity (Wildman–Crippen MR) is 111 cm³/mol. The van der Waals surface area contributed by atoms with Crippen LogP contribution in [0, 0.1) is 6.92 Å². The molecule has 1 saturated heterocycles. The molecular weight excluding hydrogens is 454 g/mol. The number of carboxylic acid groups (broad SMARTS) is 1. The molecule has 4 rings (SSSR count). The van der Waals surface area contributed by atoms with Gasteiger partial charge < -0.3 is 24.3 Å². The van der Waals surface area contributed by atoms with Gasteiger partial charge in [0.1, 0.15) is 23.6 Å². The molecule has 3 aromatic rings. The smallest absolute Gasteiger partial charge is 0.362 e. The largest absolute Gasteiger partial charge is 0.872 e. The van der Waals surface area contributed by atoms with Crippen LogP contribution in [0.2, 0.25) is 0 Å². The van der Waals surface area contributed by atoms with Crippen molar-refractivity contribution in [3.63, 3.8) is 0 Å². The molecule has 8 heteroatoms. The summed E-state index contributed by atoms with van der Waals surface area (Å²) in [5, 5.41) is 22.3. The average molecular weight is 474 g/mol. The molecule has 1 aliphatic heterocycles. The Hall–Kier alpha value is -2.84. The number of aryl methyl sites for hydroxylation is 1. The minimum Gasteiger partial charge on any atom is -0.872 e. The number of para-hydroxylation sites is 1. The zero-order valence-corrected chi connectivity index (χ0v) is 17.8. The van der Waals surface area contributed by atoms with E-state index in [0.29, 0.717) is 28.8 Å². The molecular formula is C22H20BrNO6. The topological polar surface area (TPSA) is 104 Å². The molecule has 0 radical (unpaired) electrons. The third-order valence-corrected chi connectivity index (χ3v) is 6.13. The van der Waals surface area contributed by atoms with E-state index in [4.69, 9.17) is 9.15 Å². The van der Waals surface area contributed by atoms with Crippen molar-refractivity contribution in [3.05, 3.63) is 62.4 Å². The highest BCUT2D eigenvalue weighted by atomic mass is 79.9. The first-order chi connectivity index (χ1) is 14.4. The average Bonchev–Trinajstić information content (AvgIpc) is 3.17. The van der Waals surface area contributed by atoms with Gasteiger partial charge in [-0.15, -0.1) is 0 Å². The van der Waals surface area contributed by atoms with Crippen LogP contribution < -0.4 is 20.2 Å². The van der Waals surface area contributed by atoms with Gasteiger partial charge in [-0.25, -0.2) is 4.79 Å². The van der Waals surface area contributed by atoms with Crippen molar-refractivity contribution in [1.29, 1.82) is 0 Å². The summed E-state index contributed by atoms with van der Waals surface area (Å²) in [5.74, 6) is -0.374. The standard InChI is InChI=1S/C22H20BrNO6/c1-12-20(30-18-7-3-2-5-15(18)23)19(26)13-8-9-17(25)14(21(13)29-12)11-24-10-4-6-16(24)22(27)28/h2-3,5,7-9,16,25H,4,6,10-11H2,1H3,(H,27,28). The molecule has 2 N–H and O–H groups in total. The summed E-state index contributed by atoms with van der Waals surface area (Å²) in [6.07, 6.45) is 1.34. The molecule has 0 amide bonds. The number of rotatable bonds is 5. The lowest BCUT2D eigenvalue weighted by atomic mass is 10.1. The van der Waals surface area contributed by atoms with Gasteiger partial charge in [0.25, 0.3) is 0 Å². The number of benzene rings is 2. The molecule has 1 aliphatic rings. The number of nitrogens with one attached hydrogen (secondary N) is 1. The van der Waals surface area contributed by atoms with E-state index >= 15 is 0 Å². The molecule has 0 saturated carbocycles. The maximum absolute atomic E-state index is 13.1. The van der Waals surface area contributed by atoms with Crippen LogP contribution in [-0.4, -0.2) is 23.7 Å². The van der Waals surface area contributed by atoms with E-state index < -0.39 is 12.0 Å². The first-order valence-corrected chi connectivity index (χ1v) is 10.4. The Morgan fingerprint density at radius 1 is 1.33 bits per heavy atom.